The number of hydrogen-bond donors (Lipinski definition) is 2. The zero-order valence-corrected chi connectivity index (χ0v) is 18.3. The number of rotatable bonds is 6. The van der Waals surface area contributed by atoms with Crippen LogP contribution in [0, 0.1) is 0 Å². The molecule has 2 N–H and O–H groups in total. The minimum absolute atomic E-state index is 0.0141. The highest BCUT2D eigenvalue weighted by Gasteiger charge is 2.34. The second-order valence-corrected chi connectivity index (χ2v) is 8.27. The van der Waals surface area contributed by atoms with Crippen LogP contribution in [0.25, 0.3) is 0 Å². The second-order valence-electron chi connectivity index (χ2n) is 7.26. The van der Waals surface area contributed by atoms with E-state index in [1.54, 1.807) is 36.3 Å². The molecule has 4 rings (SSSR count). The van der Waals surface area contributed by atoms with Crippen molar-refractivity contribution in [3.63, 3.8) is 0 Å². The lowest BCUT2D eigenvalue weighted by atomic mass is 10.1. The monoisotopic (exact) mass is 451 g/mol. The largest absolute Gasteiger partial charge is 0.497 e. The molecule has 3 aromatic rings. The van der Waals surface area contributed by atoms with Gasteiger partial charge in [0.1, 0.15) is 10.8 Å². The highest BCUT2D eigenvalue weighted by molar-refractivity contribution is 7.15. The molecular weight excluding hydrogens is 430 g/mol. The summed E-state index contributed by atoms with van der Waals surface area (Å²) in [5.74, 6) is 0.139. The molecule has 32 heavy (non-hydrogen) atoms. The SMILES string of the molecule is COc1ccc(N2CC(c3nnc(NC(=O)c4ccc(NC(C)=O)cc4)s3)CC2=O)cc1. The number of nitrogens with one attached hydrogen (secondary N) is 2. The Bertz CT molecular complexity index is 1140. The molecule has 2 aromatic carbocycles. The Morgan fingerprint density at radius 1 is 1.06 bits per heavy atom. The van der Waals surface area contributed by atoms with Gasteiger partial charge < -0.3 is 15.0 Å². The van der Waals surface area contributed by atoms with Gasteiger partial charge in [0, 0.05) is 42.7 Å². The van der Waals surface area contributed by atoms with Crippen LogP contribution in [-0.4, -0.2) is 41.6 Å². The third kappa shape index (κ3) is 4.75. The zero-order valence-electron chi connectivity index (χ0n) is 17.5. The quantitative estimate of drug-likeness (QED) is 0.595. The Labute approximate surface area is 188 Å². The number of anilines is 3. The van der Waals surface area contributed by atoms with Gasteiger partial charge in [-0.15, -0.1) is 10.2 Å². The number of hydrogen-bond acceptors (Lipinski definition) is 7. The fourth-order valence-electron chi connectivity index (χ4n) is 3.41. The van der Waals surface area contributed by atoms with Gasteiger partial charge in [0.25, 0.3) is 5.91 Å². The van der Waals surface area contributed by atoms with Gasteiger partial charge in [0.15, 0.2) is 0 Å². The van der Waals surface area contributed by atoms with Gasteiger partial charge in [0.05, 0.1) is 7.11 Å². The first-order valence-electron chi connectivity index (χ1n) is 9.90. The van der Waals surface area contributed by atoms with Crippen LogP contribution in [0.5, 0.6) is 5.75 Å². The summed E-state index contributed by atoms with van der Waals surface area (Å²) in [6.07, 6.45) is 0.333. The van der Waals surface area contributed by atoms with E-state index in [1.165, 1.54) is 18.3 Å². The van der Waals surface area contributed by atoms with E-state index in [9.17, 15) is 14.4 Å². The van der Waals surface area contributed by atoms with Crippen LogP contribution in [0.2, 0.25) is 0 Å². The second kappa shape index (κ2) is 9.15. The Morgan fingerprint density at radius 2 is 1.78 bits per heavy atom. The normalized spacial score (nSPS) is 15.5. The summed E-state index contributed by atoms with van der Waals surface area (Å²) in [4.78, 5) is 37.8. The van der Waals surface area contributed by atoms with E-state index in [2.05, 4.69) is 20.8 Å². The molecule has 9 nitrogen and oxygen atoms in total. The van der Waals surface area contributed by atoms with Crippen molar-refractivity contribution in [1.29, 1.82) is 0 Å². The van der Waals surface area contributed by atoms with Gasteiger partial charge in [-0.05, 0) is 48.5 Å². The van der Waals surface area contributed by atoms with Gasteiger partial charge in [-0.3, -0.25) is 19.7 Å². The van der Waals surface area contributed by atoms with Crippen molar-refractivity contribution < 1.29 is 19.1 Å². The Balaban J connectivity index is 1.39. The van der Waals surface area contributed by atoms with Crippen LogP contribution in [0.1, 0.15) is 34.6 Å². The molecule has 1 unspecified atom stereocenters. The minimum Gasteiger partial charge on any atom is -0.497 e. The van der Waals surface area contributed by atoms with E-state index in [4.69, 9.17) is 4.74 Å². The number of ether oxygens (including phenoxy) is 1. The lowest BCUT2D eigenvalue weighted by Gasteiger charge is -2.16. The van der Waals surface area contributed by atoms with Crippen LogP contribution in [0.4, 0.5) is 16.5 Å². The molecule has 0 radical (unpaired) electrons. The van der Waals surface area contributed by atoms with E-state index in [0.29, 0.717) is 34.4 Å². The highest BCUT2D eigenvalue weighted by Crippen LogP contribution is 2.34. The molecule has 1 aliphatic rings. The third-order valence-corrected chi connectivity index (χ3v) is 5.99. The average Bonchev–Trinajstić information content (AvgIpc) is 3.40. The van der Waals surface area contributed by atoms with E-state index < -0.39 is 0 Å². The maximum atomic E-state index is 12.5. The minimum atomic E-state index is -0.329. The maximum absolute atomic E-state index is 12.5. The van der Waals surface area contributed by atoms with Crippen molar-refractivity contribution in [2.24, 2.45) is 0 Å². The number of benzene rings is 2. The molecule has 0 bridgehead atoms. The Kier molecular flexibility index (Phi) is 6.13. The molecule has 1 aromatic heterocycles. The fraction of sp³-hybridized carbons (Fsp3) is 0.227. The van der Waals surface area contributed by atoms with Crippen molar-refractivity contribution in [3.8, 4) is 5.75 Å². The number of methoxy groups -OCH3 is 1. The van der Waals surface area contributed by atoms with Crippen LogP contribution in [-0.2, 0) is 9.59 Å². The molecule has 0 spiro atoms. The average molecular weight is 452 g/mol. The summed E-state index contributed by atoms with van der Waals surface area (Å²) >= 11 is 1.26. The standard InChI is InChI=1S/C22H21N5O4S/c1-13(28)23-16-5-3-14(4-6-16)20(30)24-22-26-25-21(32-22)15-11-19(29)27(12-15)17-7-9-18(31-2)10-8-17/h3-10,15H,11-12H2,1-2H3,(H,23,28)(H,24,26,30). The molecule has 0 aliphatic carbocycles. The van der Waals surface area contributed by atoms with Gasteiger partial charge >= 0.3 is 0 Å². The molecule has 1 aliphatic heterocycles. The summed E-state index contributed by atoms with van der Waals surface area (Å²) in [6, 6.07) is 13.9. The van der Waals surface area contributed by atoms with Crippen molar-refractivity contribution in [2.75, 3.05) is 29.2 Å². The van der Waals surface area contributed by atoms with E-state index in [-0.39, 0.29) is 23.6 Å². The first kappa shape index (κ1) is 21.4. The van der Waals surface area contributed by atoms with Crippen LogP contribution >= 0.6 is 11.3 Å². The molecule has 1 atom stereocenters. The van der Waals surface area contributed by atoms with Gasteiger partial charge in [0.2, 0.25) is 16.9 Å². The number of carbonyl (C=O) groups is 3. The molecule has 1 fully saturated rings. The summed E-state index contributed by atoms with van der Waals surface area (Å²) < 4.78 is 5.17. The van der Waals surface area contributed by atoms with Crippen molar-refractivity contribution >= 4 is 45.6 Å². The zero-order chi connectivity index (χ0) is 22.7. The Hall–Kier alpha value is -3.79. The van der Waals surface area contributed by atoms with Gasteiger partial charge in [-0.25, -0.2) is 0 Å². The van der Waals surface area contributed by atoms with Gasteiger partial charge in [-0.1, -0.05) is 11.3 Å². The van der Waals surface area contributed by atoms with Crippen LogP contribution in [0.3, 0.4) is 0 Å². The number of nitrogens with zero attached hydrogens (tertiary/aromatic N) is 3. The summed E-state index contributed by atoms with van der Waals surface area (Å²) in [5, 5.41) is 14.7. The van der Waals surface area contributed by atoms with E-state index in [1.807, 2.05) is 24.3 Å². The van der Waals surface area contributed by atoms with Crippen molar-refractivity contribution in [2.45, 2.75) is 19.3 Å². The van der Waals surface area contributed by atoms with E-state index >= 15 is 0 Å². The lowest BCUT2D eigenvalue weighted by Crippen LogP contribution is -2.24. The number of amides is 3. The van der Waals surface area contributed by atoms with Crippen LogP contribution in [0.15, 0.2) is 48.5 Å². The molecule has 3 amide bonds. The van der Waals surface area contributed by atoms with Crippen LogP contribution < -0.4 is 20.3 Å². The summed E-state index contributed by atoms with van der Waals surface area (Å²) in [5.41, 5.74) is 1.84. The van der Waals surface area contributed by atoms with Crippen molar-refractivity contribution in [1.82, 2.24) is 10.2 Å². The van der Waals surface area contributed by atoms with Gasteiger partial charge in [-0.2, -0.15) is 0 Å². The predicted octanol–water partition coefficient (Wildman–Crippen LogP) is 3.28. The lowest BCUT2D eigenvalue weighted by molar-refractivity contribution is -0.117. The fourth-order valence-corrected chi connectivity index (χ4v) is 4.24. The highest BCUT2D eigenvalue weighted by atomic mass is 32.1. The first-order valence-corrected chi connectivity index (χ1v) is 10.7. The molecule has 10 heteroatoms. The predicted molar refractivity (Wildman–Crippen MR) is 121 cm³/mol. The summed E-state index contributed by atoms with van der Waals surface area (Å²) in [7, 11) is 1.60. The molecular formula is C22H21N5O4S. The Morgan fingerprint density at radius 3 is 2.44 bits per heavy atom. The smallest absolute Gasteiger partial charge is 0.257 e. The third-order valence-electron chi connectivity index (χ3n) is 4.99. The molecule has 1 saturated heterocycles. The maximum Gasteiger partial charge on any atom is 0.257 e. The first-order chi connectivity index (χ1) is 15.4. The number of aromatic nitrogens is 2. The number of carbonyl (C=O) groups excluding carboxylic acids is 3. The van der Waals surface area contributed by atoms with E-state index in [0.717, 1.165) is 11.4 Å². The molecule has 164 valence electrons. The summed E-state index contributed by atoms with van der Waals surface area (Å²) in [6.45, 7) is 1.92. The molecule has 0 saturated carbocycles. The molecule has 2 heterocycles. The topological polar surface area (TPSA) is 114 Å². The van der Waals surface area contributed by atoms with Crippen molar-refractivity contribution in [3.05, 3.63) is 59.1 Å².